The first kappa shape index (κ1) is 20.1. The lowest BCUT2D eigenvalue weighted by Gasteiger charge is -2.33. The van der Waals surface area contributed by atoms with Crippen LogP contribution < -0.4 is 9.80 Å². The van der Waals surface area contributed by atoms with Crippen LogP contribution in [0.1, 0.15) is 18.1 Å². The van der Waals surface area contributed by atoms with Crippen LogP contribution in [0.25, 0.3) is 22.3 Å². The molecule has 0 saturated heterocycles. The zero-order valence-electron chi connectivity index (χ0n) is 18.9. The molecule has 1 atom stereocenters. The van der Waals surface area contributed by atoms with Gasteiger partial charge in [-0.15, -0.1) is 0 Å². The first-order valence-corrected chi connectivity index (χ1v) is 11.2. The quantitative estimate of drug-likeness (QED) is 0.335. The second kappa shape index (κ2) is 8.39. The number of benzene rings is 4. The standard InChI is InChI=1S/C30H28N2/c1-22-17-18-23(2)29(21-22)31-19-20-32(24(31)3)30-27(25-11-6-4-7-12-25)15-10-16-28(30)26-13-8-5-9-14-26/h4-21,24H,1-3H3/t24-/m0/s1. The molecule has 0 amide bonds. The molecule has 0 aliphatic carbocycles. The predicted molar refractivity (Wildman–Crippen MR) is 137 cm³/mol. The van der Waals surface area contributed by atoms with Crippen LogP contribution in [0.2, 0.25) is 0 Å². The molecule has 5 rings (SSSR count). The van der Waals surface area contributed by atoms with E-state index < -0.39 is 0 Å². The molecule has 0 bridgehead atoms. The second-order valence-electron chi connectivity index (χ2n) is 8.47. The monoisotopic (exact) mass is 416 g/mol. The van der Waals surface area contributed by atoms with Crippen molar-refractivity contribution in [1.29, 1.82) is 0 Å². The molecular weight excluding hydrogens is 388 g/mol. The van der Waals surface area contributed by atoms with Gasteiger partial charge >= 0.3 is 0 Å². The number of nitrogens with zero attached hydrogens (tertiary/aromatic N) is 2. The molecule has 2 heteroatoms. The predicted octanol–water partition coefficient (Wildman–Crippen LogP) is 7.78. The number of hydrogen-bond acceptors (Lipinski definition) is 2. The van der Waals surface area contributed by atoms with Gasteiger partial charge in [-0.3, -0.25) is 0 Å². The highest BCUT2D eigenvalue weighted by atomic mass is 15.4. The van der Waals surface area contributed by atoms with Crippen LogP contribution >= 0.6 is 0 Å². The number of hydrogen-bond donors (Lipinski definition) is 0. The van der Waals surface area contributed by atoms with E-state index in [4.69, 9.17) is 0 Å². The Bertz CT molecular complexity index is 1200. The molecule has 4 aromatic rings. The fourth-order valence-corrected chi connectivity index (χ4v) is 4.59. The Kier molecular flexibility index (Phi) is 5.28. The fraction of sp³-hybridized carbons (Fsp3) is 0.133. The van der Waals surface area contributed by atoms with Crippen LogP contribution in [0.3, 0.4) is 0 Å². The number of rotatable bonds is 4. The van der Waals surface area contributed by atoms with Gasteiger partial charge in [-0.2, -0.15) is 0 Å². The molecule has 0 N–H and O–H groups in total. The van der Waals surface area contributed by atoms with Crippen molar-refractivity contribution in [3.8, 4) is 22.3 Å². The van der Waals surface area contributed by atoms with Crippen molar-refractivity contribution >= 4 is 11.4 Å². The van der Waals surface area contributed by atoms with Crippen LogP contribution in [0.5, 0.6) is 0 Å². The summed E-state index contributed by atoms with van der Waals surface area (Å²) in [6, 6.07) is 34.7. The Balaban J connectivity index is 1.66. The summed E-state index contributed by atoms with van der Waals surface area (Å²) in [5.41, 5.74) is 10.00. The molecule has 4 aromatic carbocycles. The SMILES string of the molecule is Cc1ccc(C)c(N2C=CN(c3c(-c4ccccc4)cccc3-c3ccccc3)[C@H]2C)c1. The summed E-state index contributed by atoms with van der Waals surface area (Å²) in [5.74, 6) is 0. The Labute approximate surface area is 191 Å². The molecular formula is C30H28N2. The van der Waals surface area contributed by atoms with E-state index in [1.54, 1.807) is 0 Å². The zero-order chi connectivity index (χ0) is 22.1. The molecule has 158 valence electrons. The Hall–Kier alpha value is -3.78. The van der Waals surface area contributed by atoms with E-state index in [0.29, 0.717) is 0 Å². The van der Waals surface area contributed by atoms with Crippen molar-refractivity contribution in [2.75, 3.05) is 9.80 Å². The van der Waals surface area contributed by atoms with E-state index in [2.05, 4.69) is 140 Å². The van der Waals surface area contributed by atoms with Gasteiger partial charge in [-0.05, 0) is 49.1 Å². The molecule has 0 aromatic heterocycles. The maximum absolute atomic E-state index is 2.41. The van der Waals surface area contributed by atoms with Crippen molar-refractivity contribution in [2.45, 2.75) is 26.9 Å². The van der Waals surface area contributed by atoms with Gasteiger partial charge in [0.2, 0.25) is 0 Å². The zero-order valence-corrected chi connectivity index (χ0v) is 18.9. The molecule has 1 aliphatic heterocycles. The molecule has 32 heavy (non-hydrogen) atoms. The summed E-state index contributed by atoms with van der Waals surface area (Å²) in [6.07, 6.45) is 4.59. The topological polar surface area (TPSA) is 6.48 Å². The van der Waals surface area contributed by atoms with E-state index in [9.17, 15) is 0 Å². The van der Waals surface area contributed by atoms with Gasteiger partial charge < -0.3 is 9.80 Å². The molecule has 0 radical (unpaired) electrons. The Morgan fingerprint density at radius 3 is 1.75 bits per heavy atom. The van der Waals surface area contributed by atoms with Crippen LogP contribution in [-0.2, 0) is 0 Å². The van der Waals surface area contributed by atoms with Gasteiger partial charge in [0, 0.05) is 29.2 Å². The van der Waals surface area contributed by atoms with Crippen LogP contribution in [0, 0.1) is 13.8 Å². The average Bonchev–Trinajstić information content (AvgIpc) is 3.22. The van der Waals surface area contributed by atoms with E-state index in [-0.39, 0.29) is 6.17 Å². The summed E-state index contributed by atoms with van der Waals surface area (Å²) in [4.78, 5) is 4.78. The third-order valence-electron chi connectivity index (χ3n) is 6.30. The van der Waals surface area contributed by atoms with E-state index in [1.165, 1.54) is 44.8 Å². The minimum absolute atomic E-state index is 0.155. The van der Waals surface area contributed by atoms with Crippen LogP contribution in [0.4, 0.5) is 11.4 Å². The van der Waals surface area contributed by atoms with Gasteiger partial charge in [0.05, 0.1) is 5.69 Å². The summed E-state index contributed by atoms with van der Waals surface area (Å²) in [6.45, 7) is 6.62. The molecule has 0 saturated carbocycles. The summed E-state index contributed by atoms with van der Waals surface area (Å²) in [7, 11) is 0. The fourth-order valence-electron chi connectivity index (χ4n) is 4.59. The molecule has 1 aliphatic rings. The maximum Gasteiger partial charge on any atom is 0.107 e. The van der Waals surface area contributed by atoms with Crippen LogP contribution in [-0.4, -0.2) is 6.17 Å². The maximum atomic E-state index is 2.41. The van der Waals surface area contributed by atoms with Gasteiger partial charge in [0.1, 0.15) is 6.17 Å². The molecule has 0 unspecified atom stereocenters. The normalized spacial score (nSPS) is 15.4. The van der Waals surface area contributed by atoms with Gasteiger partial charge in [-0.1, -0.05) is 91.0 Å². The van der Waals surface area contributed by atoms with Crippen molar-refractivity contribution in [2.24, 2.45) is 0 Å². The molecule has 0 spiro atoms. The highest BCUT2D eigenvalue weighted by molar-refractivity contribution is 5.92. The summed E-state index contributed by atoms with van der Waals surface area (Å²) in [5, 5.41) is 0. The van der Waals surface area contributed by atoms with Gasteiger partial charge in [0.25, 0.3) is 0 Å². The van der Waals surface area contributed by atoms with E-state index in [0.717, 1.165) is 0 Å². The third kappa shape index (κ3) is 3.58. The molecule has 1 heterocycles. The van der Waals surface area contributed by atoms with Gasteiger partial charge in [0.15, 0.2) is 0 Å². The average molecular weight is 417 g/mol. The lowest BCUT2D eigenvalue weighted by Crippen LogP contribution is -2.36. The molecule has 0 fully saturated rings. The third-order valence-corrected chi connectivity index (χ3v) is 6.30. The number of anilines is 2. The largest absolute Gasteiger partial charge is 0.325 e. The summed E-state index contributed by atoms with van der Waals surface area (Å²) >= 11 is 0. The lowest BCUT2D eigenvalue weighted by molar-refractivity contribution is 0.749. The first-order chi connectivity index (χ1) is 15.6. The van der Waals surface area contributed by atoms with E-state index in [1.807, 2.05) is 0 Å². The highest BCUT2D eigenvalue weighted by Crippen LogP contribution is 2.43. The minimum atomic E-state index is 0.155. The van der Waals surface area contributed by atoms with Crippen molar-refractivity contribution in [3.63, 3.8) is 0 Å². The van der Waals surface area contributed by atoms with E-state index >= 15 is 0 Å². The Morgan fingerprint density at radius 1 is 0.594 bits per heavy atom. The minimum Gasteiger partial charge on any atom is -0.325 e. The lowest BCUT2D eigenvalue weighted by atomic mass is 9.95. The van der Waals surface area contributed by atoms with Crippen molar-refractivity contribution in [3.05, 3.63) is 121 Å². The molecule has 2 nitrogen and oxygen atoms in total. The number of para-hydroxylation sites is 1. The highest BCUT2D eigenvalue weighted by Gasteiger charge is 2.29. The van der Waals surface area contributed by atoms with Crippen molar-refractivity contribution in [1.82, 2.24) is 0 Å². The van der Waals surface area contributed by atoms with Gasteiger partial charge in [-0.25, -0.2) is 0 Å². The smallest absolute Gasteiger partial charge is 0.107 e. The van der Waals surface area contributed by atoms with Crippen molar-refractivity contribution < 1.29 is 0 Å². The number of aryl methyl sites for hydroxylation is 2. The Morgan fingerprint density at radius 2 is 1.16 bits per heavy atom. The second-order valence-corrected chi connectivity index (χ2v) is 8.47. The summed E-state index contributed by atoms with van der Waals surface area (Å²) < 4.78 is 0. The van der Waals surface area contributed by atoms with Crippen LogP contribution in [0.15, 0.2) is 109 Å². The first-order valence-electron chi connectivity index (χ1n) is 11.2.